The van der Waals surface area contributed by atoms with Crippen LogP contribution >= 0.6 is 0 Å². The van der Waals surface area contributed by atoms with Gasteiger partial charge < -0.3 is 40.3 Å². The molecule has 0 aromatic rings. The fraction of sp³-hybridized carbons (Fsp3) is 0.983. The van der Waals surface area contributed by atoms with Gasteiger partial charge in [-0.2, -0.15) is 0 Å². The second-order valence-electron chi connectivity index (χ2n) is 21.2. The van der Waals surface area contributed by atoms with Crippen LogP contribution in [-0.2, 0) is 14.3 Å². The Labute approximate surface area is 414 Å². The standard InChI is InChI=1S/C58H115NO8/c1-3-5-7-9-11-13-15-17-18-19-20-21-22-23-24-25-26-27-28-29-30-31-32-33-34-35-36-38-40-42-44-46-48-54(62)59-51(50-66-58-57(65)56(64)55(63)53(49-60)67-58)52(61)47-45-43-41-39-37-16-14-12-10-8-6-4-2/h51-53,55-58,60-61,63-65H,3-50H2,1-2H3,(H,59,62)/t51-,52+,53+,55-,56?,57?,58+/m0/s1. The van der Waals surface area contributed by atoms with Crippen molar-refractivity contribution in [2.45, 2.75) is 352 Å². The number of carbonyl (C=O) groups excluding carboxylic acids is 1. The number of ether oxygens (including phenoxy) is 2. The lowest BCUT2D eigenvalue weighted by molar-refractivity contribution is -0.302. The van der Waals surface area contributed by atoms with Crippen LogP contribution in [0.3, 0.4) is 0 Å². The van der Waals surface area contributed by atoms with Crippen LogP contribution in [0.5, 0.6) is 0 Å². The van der Waals surface area contributed by atoms with E-state index in [9.17, 15) is 30.3 Å². The summed E-state index contributed by atoms with van der Waals surface area (Å²) in [7, 11) is 0. The number of rotatable bonds is 52. The minimum atomic E-state index is -1.55. The van der Waals surface area contributed by atoms with Gasteiger partial charge in [0.25, 0.3) is 0 Å². The first kappa shape index (κ1) is 64.2. The zero-order chi connectivity index (χ0) is 48.7. The molecule has 2 unspecified atom stereocenters. The van der Waals surface area contributed by atoms with Crippen molar-refractivity contribution in [3.05, 3.63) is 0 Å². The van der Waals surface area contributed by atoms with Gasteiger partial charge in [-0.05, 0) is 12.8 Å². The van der Waals surface area contributed by atoms with E-state index in [4.69, 9.17) is 9.47 Å². The predicted octanol–water partition coefficient (Wildman–Crippen LogP) is 14.6. The van der Waals surface area contributed by atoms with Gasteiger partial charge in [0.05, 0.1) is 25.4 Å². The van der Waals surface area contributed by atoms with Gasteiger partial charge in [-0.25, -0.2) is 0 Å². The van der Waals surface area contributed by atoms with Gasteiger partial charge in [-0.1, -0.05) is 290 Å². The summed E-state index contributed by atoms with van der Waals surface area (Å²) in [6, 6.07) is -0.712. The van der Waals surface area contributed by atoms with Gasteiger partial charge in [0.15, 0.2) is 6.29 Å². The Bertz CT molecular complexity index is 1020. The minimum Gasteiger partial charge on any atom is -0.394 e. The SMILES string of the molecule is CCCCCCCCCCCCCCCCCCCCCCCCCCCCCCCCCCC(=O)N[C@@H](CO[C@@H]1O[C@H](CO)[C@H](O)C(O)C1O)[C@H](O)CCCCCCCCCCCCCC. The lowest BCUT2D eigenvalue weighted by Gasteiger charge is -2.40. The quantitative estimate of drug-likeness (QED) is 0.0330. The van der Waals surface area contributed by atoms with E-state index in [0.717, 1.165) is 38.5 Å². The monoisotopic (exact) mass is 954 g/mol. The molecule has 1 aliphatic heterocycles. The fourth-order valence-electron chi connectivity index (χ4n) is 9.99. The number of hydrogen-bond donors (Lipinski definition) is 6. The molecule has 9 nitrogen and oxygen atoms in total. The number of hydrogen-bond acceptors (Lipinski definition) is 8. The molecule has 400 valence electrons. The smallest absolute Gasteiger partial charge is 0.220 e. The molecule has 1 saturated heterocycles. The Kier molecular flexibility index (Phi) is 46.8. The molecule has 1 fully saturated rings. The third-order valence-corrected chi connectivity index (χ3v) is 14.7. The number of aliphatic hydroxyl groups is 5. The Morgan fingerprint density at radius 1 is 0.448 bits per heavy atom. The summed E-state index contributed by atoms with van der Waals surface area (Å²) in [5.41, 5.74) is 0. The van der Waals surface area contributed by atoms with Crippen LogP contribution in [0.15, 0.2) is 0 Å². The van der Waals surface area contributed by atoms with E-state index < -0.39 is 49.5 Å². The Balaban J connectivity index is 2.06. The van der Waals surface area contributed by atoms with Gasteiger partial charge in [-0.15, -0.1) is 0 Å². The van der Waals surface area contributed by atoms with E-state index in [-0.39, 0.29) is 12.5 Å². The molecule has 0 bridgehead atoms. The Morgan fingerprint density at radius 2 is 0.746 bits per heavy atom. The molecule has 0 aromatic carbocycles. The highest BCUT2D eigenvalue weighted by molar-refractivity contribution is 5.76. The van der Waals surface area contributed by atoms with Crippen LogP contribution in [0.4, 0.5) is 0 Å². The lowest BCUT2D eigenvalue weighted by Crippen LogP contribution is -2.60. The van der Waals surface area contributed by atoms with Crippen LogP contribution < -0.4 is 5.32 Å². The van der Waals surface area contributed by atoms with E-state index in [1.54, 1.807) is 0 Å². The highest BCUT2D eigenvalue weighted by Crippen LogP contribution is 2.23. The topological polar surface area (TPSA) is 149 Å². The van der Waals surface area contributed by atoms with Gasteiger partial charge in [0.2, 0.25) is 5.91 Å². The molecule has 1 aliphatic rings. The van der Waals surface area contributed by atoms with Crippen molar-refractivity contribution in [1.29, 1.82) is 0 Å². The number of carbonyl (C=O) groups is 1. The summed E-state index contributed by atoms with van der Waals surface area (Å²) in [6.07, 6.45) is 51.6. The van der Waals surface area contributed by atoms with Crippen molar-refractivity contribution in [2.75, 3.05) is 13.2 Å². The van der Waals surface area contributed by atoms with Crippen LogP contribution in [0, 0.1) is 0 Å². The molecule has 0 aliphatic carbocycles. The van der Waals surface area contributed by atoms with Crippen molar-refractivity contribution < 1.29 is 39.8 Å². The normalized spacial score (nSPS) is 19.5. The van der Waals surface area contributed by atoms with Crippen molar-refractivity contribution in [2.24, 2.45) is 0 Å². The van der Waals surface area contributed by atoms with Crippen molar-refractivity contribution in [3.63, 3.8) is 0 Å². The van der Waals surface area contributed by atoms with E-state index in [0.29, 0.717) is 12.8 Å². The molecular weight excluding hydrogens is 839 g/mol. The molecule has 67 heavy (non-hydrogen) atoms. The van der Waals surface area contributed by atoms with Crippen LogP contribution in [0.25, 0.3) is 0 Å². The second-order valence-corrected chi connectivity index (χ2v) is 21.2. The van der Waals surface area contributed by atoms with Crippen molar-refractivity contribution in [3.8, 4) is 0 Å². The summed E-state index contributed by atoms with van der Waals surface area (Å²) in [5.74, 6) is -0.137. The number of unbranched alkanes of at least 4 members (excludes halogenated alkanes) is 42. The van der Waals surface area contributed by atoms with Gasteiger partial charge in [-0.3, -0.25) is 4.79 Å². The molecule has 1 heterocycles. The number of amides is 1. The van der Waals surface area contributed by atoms with E-state index in [1.807, 2.05) is 0 Å². The fourth-order valence-corrected chi connectivity index (χ4v) is 9.99. The van der Waals surface area contributed by atoms with Crippen molar-refractivity contribution in [1.82, 2.24) is 5.32 Å². The zero-order valence-corrected chi connectivity index (χ0v) is 44.4. The average molecular weight is 955 g/mol. The minimum absolute atomic E-state index is 0.131. The summed E-state index contributed by atoms with van der Waals surface area (Å²) >= 11 is 0. The maximum atomic E-state index is 13.0. The average Bonchev–Trinajstić information content (AvgIpc) is 3.33. The zero-order valence-electron chi connectivity index (χ0n) is 44.4. The number of nitrogens with one attached hydrogen (secondary N) is 1. The van der Waals surface area contributed by atoms with Gasteiger partial charge >= 0.3 is 0 Å². The van der Waals surface area contributed by atoms with Crippen LogP contribution in [0.1, 0.15) is 309 Å². The summed E-state index contributed by atoms with van der Waals surface area (Å²) in [6.45, 7) is 3.87. The first-order chi connectivity index (χ1) is 32.8. The van der Waals surface area contributed by atoms with E-state index in [1.165, 1.54) is 244 Å². The summed E-state index contributed by atoms with van der Waals surface area (Å²) in [5, 5.41) is 54.5. The lowest BCUT2D eigenvalue weighted by atomic mass is 9.99. The molecule has 0 saturated carbocycles. The summed E-state index contributed by atoms with van der Waals surface area (Å²) < 4.78 is 11.3. The van der Waals surface area contributed by atoms with E-state index >= 15 is 0 Å². The van der Waals surface area contributed by atoms with Gasteiger partial charge in [0.1, 0.15) is 24.4 Å². The van der Waals surface area contributed by atoms with Gasteiger partial charge in [0, 0.05) is 6.42 Å². The molecule has 7 atom stereocenters. The first-order valence-electron chi connectivity index (χ1n) is 29.7. The first-order valence-corrected chi connectivity index (χ1v) is 29.7. The molecule has 6 N–H and O–H groups in total. The van der Waals surface area contributed by atoms with Crippen LogP contribution in [0.2, 0.25) is 0 Å². The molecule has 0 spiro atoms. The number of aliphatic hydroxyl groups excluding tert-OH is 5. The summed E-state index contributed by atoms with van der Waals surface area (Å²) in [4.78, 5) is 13.0. The molecule has 0 radical (unpaired) electrons. The Hall–Kier alpha value is -0.810. The largest absolute Gasteiger partial charge is 0.394 e. The van der Waals surface area contributed by atoms with E-state index in [2.05, 4.69) is 19.2 Å². The molecular formula is C58H115NO8. The highest BCUT2D eigenvalue weighted by atomic mass is 16.7. The molecule has 1 rings (SSSR count). The third kappa shape index (κ3) is 38.5. The molecule has 9 heteroatoms. The van der Waals surface area contributed by atoms with Crippen LogP contribution in [-0.4, -0.2) is 87.5 Å². The highest BCUT2D eigenvalue weighted by Gasteiger charge is 2.44. The maximum absolute atomic E-state index is 13.0. The molecule has 1 amide bonds. The maximum Gasteiger partial charge on any atom is 0.220 e. The third-order valence-electron chi connectivity index (χ3n) is 14.7. The molecule has 0 aromatic heterocycles. The second kappa shape index (κ2) is 48.8. The van der Waals surface area contributed by atoms with Crippen molar-refractivity contribution >= 4 is 5.91 Å². The Morgan fingerprint density at radius 3 is 1.06 bits per heavy atom. The predicted molar refractivity (Wildman–Crippen MR) is 281 cm³/mol.